The maximum Gasteiger partial charge on any atom is 0.270 e. The monoisotopic (exact) mass is 390 g/mol. The maximum absolute atomic E-state index is 12.5. The summed E-state index contributed by atoms with van der Waals surface area (Å²) in [4.78, 5) is 22.8. The van der Waals surface area contributed by atoms with Gasteiger partial charge in [0.2, 0.25) is 5.16 Å². The lowest BCUT2D eigenvalue weighted by molar-refractivity contribution is -0.384. The number of aromatic nitrogens is 4. The normalized spacial score (nSPS) is 10.5. The minimum absolute atomic E-state index is 0.0125. The minimum atomic E-state index is -0.588. The highest BCUT2D eigenvalue weighted by Crippen LogP contribution is 2.24. The fraction of sp³-hybridized carbons (Fsp3) is 0.0667. The molecule has 1 amide bonds. The van der Waals surface area contributed by atoms with E-state index in [1.165, 1.54) is 28.6 Å². The zero-order valence-corrected chi connectivity index (χ0v) is 14.9. The molecule has 0 aliphatic heterocycles. The van der Waals surface area contributed by atoms with Crippen molar-refractivity contribution in [3.8, 4) is 5.69 Å². The molecule has 1 heterocycles. The molecule has 0 bridgehead atoms. The van der Waals surface area contributed by atoms with Crippen LogP contribution in [0.25, 0.3) is 5.69 Å². The van der Waals surface area contributed by atoms with Crippen molar-refractivity contribution < 1.29 is 9.72 Å². The Kier molecular flexibility index (Phi) is 5.14. The second kappa shape index (κ2) is 7.50. The number of rotatable bonds is 5. The van der Waals surface area contributed by atoms with E-state index in [2.05, 4.69) is 20.8 Å². The Labute approximate surface area is 156 Å². The van der Waals surface area contributed by atoms with E-state index in [4.69, 9.17) is 11.6 Å². The number of nitrogens with zero attached hydrogens (tertiary/aromatic N) is 5. The van der Waals surface area contributed by atoms with Gasteiger partial charge in [0.15, 0.2) is 0 Å². The number of nitrogens with one attached hydrogen (secondary N) is 1. The van der Waals surface area contributed by atoms with Gasteiger partial charge in [-0.05, 0) is 40.9 Å². The number of amides is 1. The van der Waals surface area contributed by atoms with Crippen molar-refractivity contribution in [1.29, 1.82) is 0 Å². The number of halogens is 1. The minimum Gasteiger partial charge on any atom is -0.322 e. The van der Waals surface area contributed by atoms with Gasteiger partial charge in [0.1, 0.15) is 0 Å². The highest BCUT2D eigenvalue weighted by atomic mass is 35.5. The predicted octanol–water partition coefficient (Wildman–Crippen LogP) is 3.20. The van der Waals surface area contributed by atoms with Gasteiger partial charge in [-0.1, -0.05) is 29.4 Å². The van der Waals surface area contributed by atoms with Crippen molar-refractivity contribution in [2.45, 2.75) is 5.16 Å². The summed E-state index contributed by atoms with van der Waals surface area (Å²) in [5.74, 6) is -0.558. The van der Waals surface area contributed by atoms with Crippen LogP contribution in [0.5, 0.6) is 0 Å². The molecule has 0 radical (unpaired) electrons. The molecule has 0 aliphatic carbocycles. The molecule has 0 atom stereocenters. The van der Waals surface area contributed by atoms with Crippen LogP contribution < -0.4 is 5.32 Å². The van der Waals surface area contributed by atoms with Crippen LogP contribution in [0.1, 0.15) is 10.4 Å². The standard InChI is InChI=1S/C15H11ClN6O3S/c1-26-15-18-19-20-21(15)10-4-2-3-9(7-10)17-14(23)12-8-11(22(24)25)5-6-13(12)16/h2-8H,1H3,(H,17,23). The molecule has 1 aromatic heterocycles. The number of anilines is 1. The molecule has 2 aromatic carbocycles. The molecule has 0 aliphatic rings. The number of benzene rings is 2. The molecule has 0 saturated heterocycles. The van der Waals surface area contributed by atoms with Crippen molar-refractivity contribution in [3.05, 3.63) is 63.2 Å². The fourth-order valence-electron chi connectivity index (χ4n) is 2.18. The topological polar surface area (TPSA) is 116 Å². The van der Waals surface area contributed by atoms with Gasteiger partial charge < -0.3 is 5.32 Å². The van der Waals surface area contributed by atoms with Crippen LogP contribution in [-0.2, 0) is 0 Å². The van der Waals surface area contributed by atoms with Gasteiger partial charge in [0.05, 0.1) is 21.2 Å². The third-order valence-electron chi connectivity index (χ3n) is 3.38. The molecular formula is C15H11ClN6O3S. The van der Waals surface area contributed by atoms with Crippen LogP contribution in [0.3, 0.4) is 0 Å². The Morgan fingerprint density at radius 2 is 2.12 bits per heavy atom. The van der Waals surface area contributed by atoms with Crippen LogP contribution in [-0.4, -0.2) is 37.3 Å². The smallest absolute Gasteiger partial charge is 0.270 e. The Morgan fingerprint density at radius 1 is 1.31 bits per heavy atom. The average molecular weight is 391 g/mol. The summed E-state index contributed by atoms with van der Waals surface area (Å²) in [5, 5.41) is 25.7. The van der Waals surface area contributed by atoms with Crippen LogP contribution in [0.15, 0.2) is 47.6 Å². The van der Waals surface area contributed by atoms with Gasteiger partial charge in [0.25, 0.3) is 11.6 Å². The third-order valence-corrected chi connectivity index (χ3v) is 4.33. The molecule has 9 nitrogen and oxygen atoms in total. The first-order valence-corrected chi connectivity index (χ1v) is 8.78. The van der Waals surface area contributed by atoms with E-state index in [9.17, 15) is 14.9 Å². The van der Waals surface area contributed by atoms with Gasteiger partial charge in [-0.3, -0.25) is 14.9 Å². The highest BCUT2D eigenvalue weighted by molar-refractivity contribution is 7.98. The third kappa shape index (κ3) is 3.65. The molecule has 0 unspecified atom stereocenters. The molecule has 3 aromatic rings. The maximum atomic E-state index is 12.5. The molecule has 132 valence electrons. The number of hydrogen-bond acceptors (Lipinski definition) is 7. The van der Waals surface area contributed by atoms with E-state index in [1.54, 1.807) is 24.3 Å². The number of nitro groups is 1. The van der Waals surface area contributed by atoms with Crippen molar-refractivity contribution in [1.82, 2.24) is 20.2 Å². The summed E-state index contributed by atoms with van der Waals surface area (Å²) in [5.41, 5.74) is 0.921. The summed E-state index contributed by atoms with van der Waals surface area (Å²) in [6.07, 6.45) is 1.85. The first kappa shape index (κ1) is 17.8. The van der Waals surface area contributed by atoms with E-state index in [1.807, 2.05) is 6.26 Å². The molecule has 1 N–H and O–H groups in total. The Balaban J connectivity index is 1.88. The van der Waals surface area contributed by atoms with E-state index in [-0.39, 0.29) is 16.3 Å². The molecule has 3 rings (SSSR count). The van der Waals surface area contributed by atoms with E-state index < -0.39 is 10.8 Å². The van der Waals surface area contributed by atoms with Crippen molar-refractivity contribution in [2.24, 2.45) is 0 Å². The first-order valence-electron chi connectivity index (χ1n) is 7.17. The SMILES string of the molecule is CSc1nnnn1-c1cccc(NC(=O)c2cc([N+](=O)[O-])ccc2Cl)c1. The number of hydrogen-bond donors (Lipinski definition) is 1. The fourth-order valence-corrected chi connectivity index (χ4v) is 2.82. The van der Waals surface area contributed by atoms with Crippen LogP contribution in [0.2, 0.25) is 5.02 Å². The van der Waals surface area contributed by atoms with Gasteiger partial charge in [-0.2, -0.15) is 4.68 Å². The van der Waals surface area contributed by atoms with Crippen LogP contribution in [0.4, 0.5) is 11.4 Å². The zero-order valence-electron chi connectivity index (χ0n) is 13.3. The number of nitro benzene ring substituents is 1. The number of carbonyl (C=O) groups excluding carboxylic acids is 1. The summed E-state index contributed by atoms with van der Waals surface area (Å²) in [6.45, 7) is 0. The molecule has 0 spiro atoms. The number of carbonyl (C=O) groups is 1. The Hall–Kier alpha value is -2.98. The quantitative estimate of drug-likeness (QED) is 0.404. The molecule has 0 fully saturated rings. The Morgan fingerprint density at radius 3 is 2.85 bits per heavy atom. The summed E-state index contributed by atoms with van der Waals surface area (Å²) in [7, 11) is 0. The van der Waals surface area contributed by atoms with Gasteiger partial charge in [-0.25, -0.2) is 0 Å². The molecule has 26 heavy (non-hydrogen) atoms. The van der Waals surface area contributed by atoms with Crippen LogP contribution >= 0.6 is 23.4 Å². The van der Waals surface area contributed by atoms with Crippen molar-refractivity contribution in [3.63, 3.8) is 0 Å². The van der Waals surface area contributed by atoms with Gasteiger partial charge in [0, 0.05) is 17.8 Å². The average Bonchev–Trinajstić information content (AvgIpc) is 3.10. The van der Waals surface area contributed by atoms with Crippen LogP contribution in [0, 0.1) is 10.1 Å². The zero-order chi connectivity index (χ0) is 18.7. The summed E-state index contributed by atoms with van der Waals surface area (Å²) >= 11 is 7.38. The lowest BCUT2D eigenvalue weighted by atomic mass is 10.1. The highest BCUT2D eigenvalue weighted by Gasteiger charge is 2.16. The molecule has 0 saturated carbocycles. The lowest BCUT2D eigenvalue weighted by Crippen LogP contribution is -2.13. The summed E-state index contributed by atoms with van der Waals surface area (Å²) < 4.78 is 1.53. The van der Waals surface area contributed by atoms with Gasteiger partial charge >= 0.3 is 0 Å². The Bertz CT molecular complexity index is 993. The predicted molar refractivity (Wildman–Crippen MR) is 97.0 cm³/mol. The van der Waals surface area contributed by atoms with Crippen molar-refractivity contribution >= 4 is 40.6 Å². The number of tetrazole rings is 1. The largest absolute Gasteiger partial charge is 0.322 e. The molecule has 11 heteroatoms. The van der Waals surface area contributed by atoms with Crippen molar-refractivity contribution in [2.75, 3.05) is 11.6 Å². The second-order valence-electron chi connectivity index (χ2n) is 5.00. The van der Waals surface area contributed by atoms with E-state index >= 15 is 0 Å². The summed E-state index contributed by atoms with van der Waals surface area (Å²) in [6, 6.07) is 10.6. The van der Waals surface area contributed by atoms with E-state index in [0.717, 1.165) is 6.07 Å². The van der Waals surface area contributed by atoms with Gasteiger partial charge in [-0.15, -0.1) is 5.10 Å². The number of non-ortho nitro benzene ring substituents is 1. The molecular weight excluding hydrogens is 380 g/mol. The van der Waals surface area contributed by atoms with E-state index in [0.29, 0.717) is 16.5 Å². The lowest BCUT2D eigenvalue weighted by Gasteiger charge is -2.09. The number of thioether (sulfide) groups is 1. The second-order valence-corrected chi connectivity index (χ2v) is 6.18. The first-order chi connectivity index (χ1) is 12.5.